The highest BCUT2D eigenvalue weighted by Gasteiger charge is 2.34. The van der Waals surface area contributed by atoms with Gasteiger partial charge < -0.3 is 9.42 Å². The Morgan fingerprint density at radius 2 is 1.88 bits per heavy atom. The molecule has 1 aliphatic heterocycles. The van der Waals surface area contributed by atoms with E-state index >= 15 is 0 Å². The van der Waals surface area contributed by atoms with Gasteiger partial charge in [0.2, 0.25) is 5.91 Å². The van der Waals surface area contributed by atoms with Gasteiger partial charge in [0.25, 0.3) is 5.89 Å². The molecule has 0 radical (unpaired) electrons. The normalized spacial score (nSPS) is 17.1. The first-order valence-corrected chi connectivity index (χ1v) is 8.24. The largest absolute Gasteiger partial charge is 0.334 e. The van der Waals surface area contributed by atoms with Crippen molar-refractivity contribution in [1.29, 1.82) is 0 Å². The summed E-state index contributed by atoms with van der Waals surface area (Å²) in [5, 5.41) is 4.49. The van der Waals surface area contributed by atoms with E-state index in [4.69, 9.17) is 16.1 Å². The standard InChI is InChI=1S/C18H12ClF2N3O2/c19-12-2-4-13(5-3-12)24-9-11(8-16(24)25)17-22-18(26-23-17)10-1-6-14(20)15(21)7-10/h1-7,11H,8-9H2. The molecule has 1 atom stereocenters. The van der Waals surface area contributed by atoms with Gasteiger partial charge in [-0.25, -0.2) is 8.78 Å². The molecule has 0 bridgehead atoms. The average molecular weight is 376 g/mol. The first kappa shape index (κ1) is 16.7. The number of carbonyl (C=O) groups excluding carboxylic acids is 1. The minimum absolute atomic E-state index is 0.0588. The molecule has 0 aliphatic carbocycles. The Kier molecular flexibility index (Phi) is 4.16. The van der Waals surface area contributed by atoms with E-state index in [9.17, 15) is 13.6 Å². The lowest BCUT2D eigenvalue weighted by atomic mass is 10.1. The minimum Gasteiger partial charge on any atom is -0.334 e. The summed E-state index contributed by atoms with van der Waals surface area (Å²) in [5.74, 6) is -1.82. The molecule has 1 aliphatic rings. The van der Waals surface area contributed by atoms with Crippen LogP contribution in [0.2, 0.25) is 5.02 Å². The molecule has 0 N–H and O–H groups in total. The first-order valence-electron chi connectivity index (χ1n) is 7.86. The summed E-state index contributed by atoms with van der Waals surface area (Å²) in [4.78, 5) is 18.2. The summed E-state index contributed by atoms with van der Waals surface area (Å²) < 4.78 is 31.6. The molecule has 132 valence electrons. The third kappa shape index (κ3) is 3.06. The number of hydrogen-bond acceptors (Lipinski definition) is 4. The number of carbonyl (C=O) groups is 1. The van der Waals surface area contributed by atoms with Gasteiger partial charge in [-0.2, -0.15) is 4.98 Å². The third-order valence-electron chi connectivity index (χ3n) is 4.24. The molecule has 1 amide bonds. The predicted molar refractivity (Wildman–Crippen MR) is 90.8 cm³/mol. The lowest BCUT2D eigenvalue weighted by Crippen LogP contribution is -2.24. The van der Waals surface area contributed by atoms with Gasteiger partial charge in [0, 0.05) is 35.2 Å². The summed E-state index contributed by atoms with van der Waals surface area (Å²) in [6.45, 7) is 0.400. The fraction of sp³-hybridized carbons (Fsp3) is 0.167. The van der Waals surface area contributed by atoms with E-state index in [1.807, 2.05) is 0 Å². The van der Waals surface area contributed by atoms with E-state index in [0.717, 1.165) is 17.8 Å². The molecular formula is C18H12ClF2N3O2. The van der Waals surface area contributed by atoms with Crippen LogP contribution in [0.3, 0.4) is 0 Å². The van der Waals surface area contributed by atoms with Crippen molar-refractivity contribution in [3.05, 3.63) is 64.9 Å². The maximum absolute atomic E-state index is 13.4. The molecule has 2 aromatic carbocycles. The zero-order valence-electron chi connectivity index (χ0n) is 13.3. The van der Waals surface area contributed by atoms with Gasteiger partial charge in [0.15, 0.2) is 17.5 Å². The van der Waals surface area contributed by atoms with E-state index < -0.39 is 11.6 Å². The number of benzene rings is 2. The van der Waals surface area contributed by atoms with E-state index in [-0.39, 0.29) is 29.7 Å². The van der Waals surface area contributed by atoms with Gasteiger partial charge in [-0.05, 0) is 42.5 Å². The number of aromatic nitrogens is 2. The SMILES string of the molecule is O=C1CC(c2noc(-c3ccc(F)c(F)c3)n2)CN1c1ccc(Cl)cc1. The second kappa shape index (κ2) is 6.49. The first-order chi connectivity index (χ1) is 12.5. The van der Waals surface area contributed by atoms with Crippen molar-refractivity contribution in [2.75, 3.05) is 11.4 Å². The van der Waals surface area contributed by atoms with E-state index in [0.29, 0.717) is 17.4 Å². The number of hydrogen-bond donors (Lipinski definition) is 0. The predicted octanol–water partition coefficient (Wildman–Crippen LogP) is 4.19. The van der Waals surface area contributed by atoms with Crippen molar-refractivity contribution in [2.45, 2.75) is 12.3 Å². The molecule has 5 nitrogen and oxygen atoms in total. The van der Waals surface area contributed by atoms with Crippen LogP contribution in [-0.2, 0) is 4.79 Å². The Labute approximate surface area is 152 Å². The zero-order chi connectivity index (χ0) is 18.3. The fourth-order valence-corrected chi connectivity index (χ4v) is 3.02. The van der Waals surface area contributed by atoms with Crippen LogP contribution in [0.4, 0.5) is 14.5 Å². The van der Waals surface area contributed by atoms with Gasteiger partial charge in [0.05, 0.1) is 0 Å². The quantitative estimate of drug-likeness (QED) is 0.688. The van der Waals surface area contributed by atoms with Crippen molar-refractivity contribution in [3.63, 3.8) is 0 Å². The second-order valence-corrected chi connectivity index (χ2v) is 6.40. The molecule has 1 unspecified atom stereocenters. The summed E-state index contributed by atoms with van der Waals surface area (Å²) >= 11 is 5.88. The molecule has 1 aromatic heterocycles. The van der Waals surface area contributed by atoms with E-state index in [1.54, 1.807) is 29.2 Å². The van der Waals surface area contributed by atoms with E-state index in [1.165, 1.54) is 6.07 Å². The smallest absolute Gasteiger partial charge is 0.258 e. The Morgan fingerprint density at radius 3 is 2.62 bits per heavy atom. The van der Waals surface area contributed by atoms with Gasteiger partial charge in [0.1, 0.15) is 0 Å². The second-order valence-electron chi connectivity index (χ2n) is 5.97. The lowest BCUT2D eigenvalue weighted by Gasteiger charge is -2.16. The molecule has 26 heavy (non-hydrogen) atoms. The van der Waals surface area contributed by atoms with Gasteiger partial charge in [-0.1, -0.05) is 16.8 Å². The summed E-state index contributed by atoms with van der Waals surface area (Å²) in [6, 6.07) is 10.3. The van der Waals surface area contributed by atoms with Crippen molar-refractivity contribution in [2.24, 2.45) is 0 Å². The Hall–Kier alpha value is -2.80. The zero-order valence-corrected chi connectivity index (χ0v) is 14.1. The Bertz CT molecular complexity index is 975. The van der Waals surface area contributed by atoms with Crippen LogP contribution < -0.4 is 4.90 Å². The maximum atomic E-state index is 13.4. The summed E-state index contributed by atoms with van der Waals surface area (Å²) in [6.07, 6.45) is 0.235. The molecule has 0 saturated carbocycles. The van der Waals surface area contributed by atoms with Crippen LogP contribution in [0.15, 0.2) is 47.0 Å². The molecular weight excluding hydrogens is 364 g/mol. The Morgan fingerprint density at radius 1 is 1.12 bits per heavy atom. The van der Waals surface area contributed by atoms with Crippen LogP contribution in [-0.4, -0.2) is 22.6 Å². The summed E-state index contributed by atoms with van der Waals surface area (Å²) in [7, 11) is 0. The molecule has 4 rings (SSSR count). The molecule has 2 heterocycles. The van der Waals surface area contributed by atoms with Crippen LogP contribution >= 0.6 is 11.6 Å². The van der Waals surface area contributed by atoms with Gasteiger partial charge >= 0.3 is 0 Å². The number of anilines is 1. The molecule has 0 spiro atoms. The number of halogens is 3. The van der Waals surface area contributed by atoms with Crippen LogP contribution in [0.1, 0.15) is 18.2 Å². The highest BCUT2D eigenvalue weighted by atomic mass is 35.5. The third-order valence-corrected chi connectivity index (χ3v) is 4.49. The number of rotatable bonds is 3. The van der Waals surface area contributed by atoms with Crippen LogP contribution in [0.25, 0.3) is 11.5 Å². The van der Waals surface area contributed by atoms with Crippen LogP contribution in [0, 0.1) is 11.6 Å². The number of nitrogens with zero attached hydrogens (tertiary/aromatic N) is 3. The fourth-order valence-electron chi connectivity index (χ4n) is 2.90. The van der Waals surface area contributed by atoms with Crippen molar-refractivity contribution in [3.8, 4) is 11.5 Å². The van der Waals surface area contributed by atoms with Crippen molar-refractivity contribution in [1.82, 2.24) is 10.1 Å². The highest BCUT2D eigenvalue weighted by molar-refractivity contribution is 6.30. The topological polar surface area (TPSA) is 59.2 Å². The molecule has 3 aromatic rings. The van der Waals surface area contributed by atoms with Crippen molar-refractivity contribution < 1.29 is 18.1 Å². The molecule has 1 fully saturated rings. The lowest BCUT2D eigenvalue weighted by molar-refractivity contribution is -0.117. The van der Waals surface area contributed by atoms with Crippen LogP contribution in [0.5, 0.6) is 0 Å². The highest BCUT2D eigenvalue weighted by Crippen LogP contribution is 2.32. The van der Waals surface area contributed by atoms with Crippen molar-refractivity contribution >= 4 is 23.2 Å². The maximum Gasteiger partial charge on any atom is 0.258 e. The Balaban J connectivity index is 1.55. The van der Waals surface area contributed by atoms with Gasteiger partial charge in [-0.15, -0.1) is 0 Å². The molecule has 1 saturated heterocycles. The van der Waals surface area contributed by atoms with E-state index in [2.05, 4.69) is 10.1 Å². The minimum atomic E-state index is -0.993. The molecule has 8 heteroatoms. The summed E-state index contributed by atoms with van der Waals surface area (Å²) in [5.41, 5.74) is 1.02. The monoisotopic (exact) mass is 375 g/mol. The number of amides is 1. The average Bonchev–Trinajstić information content (AvgIpc) is 3.25. The van der Waals surface area contributed by atoms with Gasteiger partial charge in [-0.3, -0.25) is 4.79 Å².